The highest BCUT2D eigenvalue weighted by molar-refractivity contribution is 8.13. The molecular formula is C21H25N3O3S2. The summed E-state index contributed by atoms with van der Waals surface area (Å²) in [6, 6.07) is 16.2. The number of hydrogen-bond acceptors (Lipinski definition) is 5. The van der Waals surface area contributed by atoms with Gasteiger partial charge in [-0.15, -0.1) is 0 Å². The number of nitrogens with zero attached hydrogens (tertiary/aromatic N) is 3. The van der Waals surface area contributed by atoms with E-state index < -0.39 is 10.0 Å². The average molecular weight is 432 g/mol. The van der Waals surface area contributed by atoms with Crippen molar-refractivity contribution in [3.63, 3.8) is 0 Å². The lowest BCUT2D eigenvalue weighted by molar-refractivity contribution is 0.0860. The second-order valence-electron chi connectivity index (χ2n) is 6.51. The fourth-order valence-corrected chi connectivity index (χ4v) is 5.56. The summed E-state index contributed by atoms with van der Waals surface area (Å²) in [5.74, 6) is 0.582. The molecule has 154 valence electrons. The zero-order valence-electron chi connectivity index (χ0n) is 16.6. The van der Waals surface area contributed by atoms with Crippen molar-refractivity contribution in [2.75, 3.05) is 26.2 Å². The quantitative estimate of drug-likeness (QED) is 0.673. The fraction of sp³-hybridized carbons (Fsp3) is 0.333. The van der Waals surface area contributed by atoms with Crippen LogP contribution >= 0.6 is 11.8 Å². The Morgan fingerprint density at radius 2 is 1.72 bits per heavy atom. The summed E-state index contributed by atoms with van der Waals surface area (Å²) in [6.07, 6.45) is 0. The maximum absolute atomic E-state index is 12.9. The van der Waals surface area contributed by atoms with Gasteiger partial charge >= 0.3 is 0 Å². The number of rotatable bonds is 7. The third kappa shape index (κ3) is 4.88. The third-order valence-corrected chi connectivity index (χ3v) is 7.85. The van der Waals surface area contributed by atoms with Crippen LogP contribution in [-0.4, -0.2) is 54.9 Å². The number of carbonyl (C=O) groups is 1. The molecule has 6 nitrogen and oxygen atoms in total. The van der Waals surface area contributed by atoms with Gasteiger partial charge in [-0.25, -0.2) is 8.42 Å². The van der Waals surface area contributed by atoms with Crippen LogP contribution in [-0.2, 0) is 15.8 Å². The Balaban J connectivity index is 1.70. The number of sulfonamides is 1. The van der Waals surface area contributed by atoms with Crippen LogP contribution in [0.4, 0.5) is 0 Å². The minimum Gasteiger partial charge on any atom is -0.286 e. The molecule has 0 N–H and O–H groups in total. The van der Waals surface area contributed by atoms with E-state index in [0.29, 0.717) is 36.9 Å². The van der Waals surface area contributed by atoms with E-state index >= 15 is 0 Å². The minimum absolute atomic E-state index is 0.159. The molecule has 0 saturated carbocycles. The largest absolute Gasteiger partial charge is 0.286 e. The van der Waals surface area contributed by atoms with E-state index in [4.69, 9.17) is 0 Å². The van der Waals surface area contributed by atoms with E-state index in [1.807, 2.05) is 30.3 Å². The molecular weight excluding hydrogens is 406 g/mol. The highest BCUT2D eigenvalue weighted by Gasteiger charge is 2.26. The second-order valence-corrected chi connectivity index (χ2v) is 9.39. The molecule has 3 rings (SSSR count). The van der Waals surface area contributed by atoms with Crippen LogP contribution in [0.15, 0.2) is 64.5 Å². The fourth-order valence-electron chi connectivity index (χ4n) is 3.10. The van der Waals surface area contributed by atoms with Crippen molar-refractivity contribution < 1.29 is 13.2 Å². The van der Waals surface area contributed by atoms with Gasteiger partial charge in [0.2, 0.25) is 10.0 Å². The number of aliphatic imine (C=N–C) groups is 1. The second kappa shape index (κ2) is 9.56. The first kappa shape index (κ1) is 21.5. The van der Waals surface area contributed by atoms with Crippen molar-refractivity contribution in [1.29, 1.82) is 0 Å². The molecule has 0 aliphatic carbocycles. The lowest BCUT2D eigenvalue weighted by atomic mass is 10.2. The molecule has 1 heterocycles. The number of amidine groups is 1. The summed E-state index contributed by atoms with van der Waals surface area (Å²) < 4.78 is 26.6. The van der Waals surface area contributed by atoms with Gasteiger partial charge in [-0.05, 0) is 29.8 Å². The molecule has 1 aliphatic heterocycles. The molecule has 0 unspecified atom stereocenters. The topological polar surface area (TPSA) is 70.1 Å². The number of carbonyl (C=O) groups excluding carboxylic acids is 1. The number of thioether (sulfide) groups is 1. The number of amides is 1. The van der Waals surface area contributed by atoms with Crippen LogP contribution in [0.3, 0.4) is 0 Å². The maximum Gasteiger partial charge on any atom is 0.259 e. The van der Waals surface area contributed by atoms with E-state index in [-0.39, 0.29) is 10.8 Å². The van der Waals surface area contributed by atoms with Gasteiger partial charge in [-0.1, -0.05) is 55.9 Å². The standard InChI is InChI=1S/C21H25N3O3S2/c1-3-23(4-2)29(26,27)19-12-10-18(11-13-19)20(25)24-15-14-22-21(24)28-16-17-8-6-5-7-9-17/h5-13H,3-4,14-16H2,1-2H3. The third-order valence-electron chi connectivity index (χ3n) is 4.70. The Labute approximate surface area is 176 Å². The SMILES string of the molecule is CCN(CC)S(=O)(=O)c1ccc(C(=O)N2CCN=C2SCc2ccccc2)cc1. The molecule has 2 aromatic rings. The molecule has 1 aliphatic rings. The summed E-state index contributed by atoms with van der Waals surface area (Å²) in [7, 11) is -3.53. The molecule has 2 aromatic carbocycles. The first-order valence-corrected chi connectivity index (χ1v) is 12.0. The van der Waals surface area contributed by atoms with Crippen molar-refractivity contribution >= 4 is 32.9 Å². The van der Waals surface area contributed by atoms with Gasteiger partial charge in [0.1, 0.15) is 0 Å². The predicted octanol–water partition coefficient (Wildman–Crippen LogP) is 3.46. The van der Waals surface area contributed by atoms with E-state index in [1.165, 1.54) is 33.8 Å². The molecule has 0 saturated heterocycles. The van der Waals surface area contributed by atoms with Crippen LogP contribution in [0.25, 0.3) is 0 Å². The Hall–Kier alpha value is -2.16. The molecule has 0 aromatic heterocycles. The lowest BCUT2D eigenvalue weighted by Crippen LogP contribution is -2.33. The highest BCUT2D eigenvalue weighted by atomic mass is 32.2. The maximum atomic E-state index is 12.9. The van der Waals surface area contributed by atoms with E-state index in [9.17, 15) is 13.2 Å². The zero-order valence-corrected chi connectivity index (χ0v) is 18.2. The van der Waals surface area contributed by atoms with Gasteiger partial charge in [0.15, 0.2) is 5.17 Å². The smallest absolute Gasteiger partial charge is 0.259 e. The molecule has 0 atom stereocenters. The van der Waals surface area contributed by atoms with Gasteiger partial charge < -0.3 is 0 Å². The molecule has 29 heavy (non-hydrogen) atoms. The number of hydrogen-bond donors (Lipinski definition) is 0. The van der Waals surface area contributed by atoms with Gasteiger partial charge in [0.25, 0.3) is 5.91 Å². The molecule has 0 bridgehead atoms. The summed E-state index contributed by atoms with van der Waals surface area (Å²) in [5, 5.41) is 0.707. The monoisotopic (exact) mass is 431 g/mol. The molecule has 0 radical (unpaired) electrons. The van der Waals surface area contributed by atoms with Crippen LogP contribution in [0.2, 0.25) is 0 Å². The van der Waals surface area contributed by atoms with Crippen LogP contribution in [0.5, 0.6) is 0 Å². The Morgan fingerprint density at radius 1 is 1.07 bits per heavy atom. The molecule has 8 heteroatoms. The Morgan fingerprint density at radius 3 is 2.34 bits per heavy atom. The van der Waals surface area contributed by atoms with Crippen LogP contribution in [0, 0.1) is 0 Å². The van der Waals surface area contributed by atoms with Gasteiger partial charge in [-0.2, -0.15) is 4.31 Å². The van der Waals surface area contributed by atoms with Crippen LogP contribution in [0.1, 0.15) is 29.8 Å². The van der Waals surface area contributed by atoms with Crippen LogP contribution < -0.4 is 0 Å². The number of benzene rings is 2. The van der Waals surface area contributed by atoms with E-state index in [2.05, 4.69) is 4.99 Å². The normalized spacial score (nSPS) is 14.3. The van der Waals surface area contributed by atoms with Crippen molar-refractivity contribution in [3.8, 4) is 0 Å². The molecule has 1 amide bonds. The van der Waals surface area contributed by atoms with Gasteiger partial charge in [0.05, 0.1) is 11.4 Å². The summed E-state index contributed by atoms with van der Waals surface area (Å²) >= 11 is 1.54. The molecule has 0 spiro atoms. The van der Waals surface area contributed by atoms with Crippen molar-refractivity contribution in [1.82, 2.24) is 9.21 Å². The van der Waals surface area contributed by atoms with Gasteiger partial charge in [-0.3, -0.25) is 14.7 Å². The van der Waals surface area contributed by atoms with E-state index in [1.54, 1.807) is 30.9 Å². The first-order chi connectivity index (χ1) is 14.0. The van der Waals surface area contributed by atoms with Crippen molar-refractivity contribution in [2.45, 2.75) is 24.5 Å². The van der Waals surface area contributed by atoms with Gasteiger partial charge in [0, 0.05) is 31.0 Å². The van der Waals surface area contributed by atoms with Crippen molar-refractivity contribution in [3.05, 3.63) is 65.7 Å². The molecule has 0 fully saturated rings. The summed E-state index contributed by atoms with van der Waals surface area (Å²) in [4.78, 5) is 19.3. The lowest BCUT2D eigenvalue weighted by Gasteiger charge is -2.20. The summed E-state index contributed by atoms with van der Waals surface area (Å²) in [6.45, 7) is 5.55. The Bertz CT molecular complexity index is 970. The minimum atomic E-state index is -3.53. The predicted molar refractivity (Wildman–Crippen MR) is 118 cm³/mol. The first-order valence-electron chi connectivity index (χ1n) is 9.60. The highest BCUT2D eigenvalue weighted by Crippen LogP contribution is 2.22. The Kier molecular flexibility index (Phi) is 7.10. The zero-order chi connectivity index (χ0) is 20.9. The average Bonchev–Trinajstić information content (AvgIpc) is 3.22. The summed E-state index contributed by atoms with van der Waals surface area (Å²) in [5.41, 5.74) is 1.63. The van der Waals surface area contributed by atoms with E-state index in [0.717, 1.165) is 5.75 Å². The van der Waals surface area contributed by atoms with Crippen molar-refractivity contribution in [2.24, 2.45) is 4.99 Å².